The monoisotopic (exact) mass is 281 g/mol. The van der Waals surface area contributed by atoms with E-state index in [0.29, 0.717) is 11.3 Å². The maximum atomic E-state index is 12.1. The molecule has 0 aliphatic carbocycles. The van der Waals surface area contributed by atoms with Crippen molar-refractivity contribution in [2.45, 2.75) is 13.0 Å². The summed E-state index contributed by atoms with van der Waals surface area (Å²) in [5.41, 5.74) is 1.90. The number of rotatable bonds is 3. The summed E-state index contributed by atoms with van der Waals surface area (Å²) in [5.74, 6) is 4.99. The lowest BCUT2D eigenvalue weighted by Gasteiger charge is -2.13. The normalized spacial score (nSPS) is 11.1. The number of aromatic nitrogens is 2. The van der Waals surface area contributed by atoms with Crippen LogP contribution in [0, 0.1) is 11.8 Å². The maximum absolute atomic E-state index is 12.1. The van der Waals surface area contributed by atoms with Gasteiger partial charge in [0.15, 0.2) is 0 Å². The first kappa shape index (κ1) is 14.7. The molecular weight excluding hydrogens is 266 g/mol. The largest absolute Gasteiger partial charge is 0.384 e. The quantitative estimate of drug-likeness (QED) is 0.832. The average Bonchev–Trinajstić information content (AvgIpc) is 2.54. The van der Waals surface area contributed by atoms with Gasteiger partial charge in [0.25, 0.3) is 5.91 Å². The number of hydrogen-bond donors (Lipinski definition) is 2. The Bertz CT molecular complexity index is 657. The van der Waals surface area contributed by atoms with E-state index in [2.05, 4.69) is 27.1 Å². The predicted molar refractivity (Wildman–Crippen MR) is 78.3 cm³/mol. The zero-order valence-electron chi connectivity index (χ0n) is 11.6. The number of aliphatic hydroxyl groups is 1. The minimum atomic E-state index is -0.256. The van der Waals surface area contributed by atoms with Crippen LogP contribution in [-0.4, -0.2) is 27.6 Å². The Hall–Kier alpha value is -2.71. The summed E-state index contributed by atoms with van der Waals surface area (Å²) in [4.78, 5) is 20.2. The van der Waals surface area contributed by atoms with Gasteiger partial charge in [-0.15, -0.1) is 0 Å². The number of aliphatic hydroxyl groups excluding tert-OH is 1. The van der Waals surface area contributed by atoms with Crippen molar-refractivity contribution in [1.29, 1.82) is 0 Å². The van der Waals surface area contributed by atoms with Crippen molar-refractivity contribution < 1.29 is 9.90 Å². The minimum absolute atomic E-state index is 0.151. The first-order valence-corrected chi connectivity index (χ1v) is 6.47. The lowest BCUT2D eigenvalue weighted by molar-refractivity contribution is 0.0935. The van der Waals surface area contributed by atoms with Gasteiger partial charge < -0.3 is 10.4 Å². The number of carbonyl (C=O) groups is 1. The van der Waals surface area contributed by atoms with Crippen LogP contribution in [0.25, 0.3) is 0 Å². The molecule has 1 atom stereocenters. The van der Waals surface area contributed by atoms with Crippen molar-refractivity contribution in [2.24, 2.45) is 0 Å². The molecule has 5 nitrogen and oxygen atoms in total. The fraction of sp³-hybridized carbons (Fsp3) is 0.188. The van der Waals surface area contributed by atoms with Crippen molar-refractivity contribution >= 4 is 5.91 Å². The van der Waals surface area contributed by atoms with E-state index in [1.165, 1.54) is 6.20 Å². The fourth-order valence-corrected chi connectivity index (χ4v) is 1.73. The molecule has 106 valence electrons. The van der Waals surface area contributed by atoms with Crippen LogP contribution in [0.3, 0.4) is 0 Å². The zero-order chi connectivity index (χ0) is 15.1. The third-order valence-corrected chi connectivity index (χ3v) is 2.84. The highest BCUT2D eigenvalue weighted by molar-refractivity contribution is 5.92. The Morgan fingerprint density at radius 2 is 2.24 bits per heavy atom. The van der Waals surface area contributed by atoms with Crippen molar-refractivity contribution in [2.75, 3.05) is 6.61 Å². The van der Waals surface area contributed by atoms with Crippen LogP contribution in [-0.2, 0) is 0 Å². The molecule has 21 heavy (non-hydrogen) atoms. The molecule has 0 aliphatic rings. The van der Waals surface area contributed by atoms with Crippen LogP contribution in [0.15, 0.2) is 42.9 Å². The van der Waals surface area contributed by atoms with Crippen LogP contribution < -0.4 is 5.32 Å². The highest BCUT2D eigenvalue weighted by Gasteiger charge is 2.12. The molecular formula is C16H15N3O2. The molecule has 0 fully saturated rings. The van der Waals surface area contributed by atoms with Gasteiger partial charge in [0, 0.05) is 24.2 Å². The topological polar surface area (TPSA) is 75.1 Å². The Morgan fingerprint density at radius 1 is 1.38 bits per heavy atom. The van der Waals surface area contributed by atoms with Gasteiger partial charge in [-0.25, -0.2) is 4.98 Å². The fourth-order valence-electron chi connectivity index (χ4n) is 1.73. The standard InChI is InChI=1S/C16H15N3O2/c1-12(14-5-2-8-17-11-14)19-16(21)15-7-6-13(10-18-15)4-3-9-20/h2,5-8,10-12,20H,9H2,1H3,(H,19,21). The highest BCUT2D eigenvalue weighted by atomic mass is 16.2. The lowest BCUT2D eigenvalue weighted by Crippen LogP contribution is -2.27. The zero-order valence-corrected chi connectivity index (χ0v) is 11.6. The SMILES string of the molecule is CC(NC(=O)c1ccc(C#CCO)cn1)c1cccnc1. The summed E-state index contributed by atoms with van der Waals surface area (Å²) < 4.78 is 0. The summed E-state index contributed by atoms with van der Waals surface area (Å²) >= 11 is 0. The molecule has 0 spiro atoms. The Labute approximate surface area is 123 Å². The number of carbonyl (C=O) groups excluding carboxylic acids is 1. The van der Waals surface area contributed by atoms with Crippen LogP contribution in [0.1, 0.15) is 34.6 Å². The van der Waals surface area contributed by atoms with Crippen LogP contribution in [0.5, 0.6) is 0 Å². The van der Waals surface area contributed by atoms with E-state index in [1.54, 1.807) is 24.5 Å². The van der Waals surface area contributed by atoms with E-state index in [4.69, 9.17) is 5.11 Å². The van der Waals surface area contributed by atoms with Crippen LogP contribution >= 0.6 is 0 Å². The van der Waals surface area contributed by atoms with E-state index >= 15 is 0 Å². The maximum Gasteiger partial charge on any atom is 0.270 e. The number of amides is 1. The van der Waals surface area contributed by atoms with Gasteiger partial charge in [0.2, 0.25) is 0 Å². The molecule has 2 aromatic rings. The van der Waals surface area contributed by atoms with Gasteiger partial charge in [-0.1, -0.05) is 17.9 Å². The van der Waals surface area contributed by atoms with Crippen molar-refractivity contribution in [3.63, 3.8) is 0 Å². The molecule has 0 radical (unpaired) electrons. The van der Waals surface area contributed by atoms with Crippen molar-refractivity contribution in [3.8, 4) is 11.8 Å². The summed E-state index contributed by atoms with van der Waals surface area (Å²) in [6.07, 6.45) is 4.91. The van der Waals surface area contributed by atoms with Crippen molar-refractivity contribution in [1.82, 2.24) is 15.3 Å². The van der Waals surface area contributed by atoms with Crippen LogP contribution in [0.2, 0.25) is 0 Å². The molecule has 0 aliphatic heterocycles. The van der Waals surface area contributed by atoms with Crippen LogP contribution in [0.4, 0.5) is 0 Å². The summed E-state index contributed by atoms with van der Waals surface area (Å²) in [7, 11) is 0. The molecule has 2 aromatic heterocycles. The third kappa shape index (κ3) is 4.13. The molecule has 0 bridgehead atoms. The number of nitrogens with one attached hydrogen (secondary N) is 1. The smallest absolute Gasteiger partial charge is 0.270 e. The van der Waals surface area contributed by atoms with Gasteiger partial charge in [0.1, 0.15) is 12.3 Å². The number of hydrogen-bond acceptors (Lipinski definition) is 4. The van der Waals surface area contributed by atoms with E-state index in [-0.39, 0.29) is 18.6 Å². The molecule has 2 rings (SSSR count). The van der Waals surface area contributed by atoms with E-state index in [9.17, 15) is 4.79 Å². The van der Waals surface area contributed by atoms with E-state index in [0.717, 1.165) is 5.56 Å². The molecule has 0 saturated heterocycles. The molecule has 5 heteroatoms. The minimum Gasteiger partial charge on any atom is -0.384 e. The Morgan fingerprint density at radius 3 is 2.86 bits per heavy atom. The van der Waals surface area contributed by atoms with Gasteiger partial charge in [-0.2, -0.15) is 0 Å². The second kappa shape index (κ2) is 7.17. The molecule has 1 amide bonds. The molecule has 2 heterocycles. The predicted octanol–water partition coefficient (Wildman–Crippen LogP) is 1.31. The average molecular weight is 281 g/mol. The van der Waals surface area contributed by atoms with Gasteiger partial charge in [-0.05, 0) is 30.7 Å². The number of nitrogens with zero attached hydrogens (tertiary/aromatic N) is 2. The first-order valence-electron chi connectivity index (χ1n) is 6.47. The summed E-state index contributed by atoms with van der Waals surface area (Å²) in [6, 6.07) is 6.87. The first-order chi connectivity index (χ1) is 10.2. The molecule has 1 unspecified atom stereocenters. The number of pyridine rings is 2. The summed E-state index contributed by atoms with van der Waals surface area (Å²) in [6.45, 7) is 1.68. The van der Waals surface area contributed by atoms with Crippen molar-refractivity contribution in [3.05, 3.63) is 59.7 Å². The van der Waals surface area contributed by atoms with Gasteiger partial charge >= 0.3 is 0 Å². The lowest BCUT2D eigenvalue weighted by atomic mass is 10.1. The highest BCUT2D eigenvalue weighted by Crippen LogP contribution is 2.10. The second-order valence-corrected chi connectivity index (χ2v) is 4.37. The molecule has 2 N–H and O–H groups in total. The molecule has 0 aromatic carbocycles. The Kier molecular flexibility index (Phi) is 5.02. The Balaban J connectivity index is 2.03. The van der Waals surface area contributed by atoms with Gasteiger partial charge in [0.05, 0.1) is 6.04 Å². The van der Waals surface area contributed by atoms with Gasteiger partial charge in [-0.3, -0.25) is 9.78 Å². The third-order valence-electron chi connectivity index (χ3n) is 2.84. The van der Waals surface area contributed by atoms with E-state index < -0.39 is 0 Å². The summed E-state index contributed by atoms with van der Waals surface area (Å²) in [5, 5.41) is 11.5. The second-order valence-electron chi connectivity index (χ2n) is 4.37. The molecule has 0 saturated carbocycles. The van der Waals surface area contributed by atoms with E-state index in [1.807, 2.05) is 19.1 Å².